The Bertz CT molecular complexity index is 530. The fourth-order valence-electron chi connectivity index (χ4n) is 1.72. The number of thioether (sulfide) groups is 1. The molecule has 2 rings (SSSR count). The number of hydrogen-bond donors (Lipinski definition) is 1. The number of aliphatic hydroxyl groups excluding tert-OH is 1. The van der Waals surface area contributed by atoms with Crippen molar-refractivity contribution in [2.75, 3.05) is 5.75 Å². The van der Waals surface area contributed by atoms with Crippen LogP contribution in [0, 0.1) is 5.82 Å². The van der Waals surface area contributed by atoms with Gasteiger partial charge in [-0.15, -0.1) is 11.8 Å². The highest BCUT2D eigenvalue weighted by Crippen LogP contribution is 2.20. The van der Waals surface area contributed by atoms with Crippen molar-refractivity contribution in [3.8, 4) is 0 Å². The monoisotopic (exact) mass is 340 g/mol. The van der Waals surface area contributed by atoms with Gasteiger partial charge in [-0.05, 0) is 48.4 Å². The van der Waals surface area contributed by atoms with Crippen molar-refractivity contribution in [2.24, 2.45) is 0 Å². The molecular weight excluding hydrogens is 327 g/mol. The maximum Gasteiger partial charge on any atom is 0.123 e. The summed E-state index contributed by atoms with van der Waals surface area (Å²) in [6.45, 7) is 0. The minimum Gasteiger partial charge on any atom is -0.392 e. The summed E-state index contributed by atoms with van der Waals surface area (Å²) in [5.41, 5.74) is 1.10. The Morgan fingerprint density at radius 1 is 1.16 bits per heavy atom. The summed E-state index contributed by atoms with van der Waals surface area (Å²) < 4.78 is 13.8. The number of aliphatic hydroxyl groups is 1. The summed E-state index contributed by atoms with van der Waals surface area (Å²) in [6.07, 6.45) is 0.206. The molecule has 1 atom stereocenters. The van der Waals surface area contributed by atoms with Crippen LogP contribution in [0.5, 0.6) is 0 Å². The Morgan fingerprint density at radius 3 is 2.58 bits per heavy atom. The molecule has 0 heterocycles. The van der Waals surface area contributed by atoms with E-state index in [-0.39, 0.29) is 5.82 Å². The third-order valence-corrected chi connectivity index (χ3v) is 4.27. The first kappa shape index (κ1) is 14.6. The largest absolute Gasteiger partial charge is 0.392 e. The van der Waals surface area contributed by atoms with Crippen LogP contribution in [0.2, 0.25) is 0 Å². The summed E-state index contributed by atoms with van der Waals surface area (Å²) >= 11 is 4.94. The lowest BCUT2D eigenvalue weighted by atomic mass is 10.1. The van der Waals surface area contributed by atoms with E-state index in [1.807, 2.05) is 24.3 Å². The molecular formula is C15H14BrFOS. The average Bonchev–Trinajstić information content (AvgIpc) is 2.38. The van der Waals surface area contributed by atoms with Crippen molar-refractivity contribution >= 4 is 27.7 Å². The second kappa shape index (κ2) is 7.08. The molecule has 0 aliphatic heterocycles. The first-order chi connectivity index (χ1) is 9.13. The van der Waals surface area contributed by atoms with Gasteiger partial charge in [-0.2, -0.15) is 0 Å². The van der Waals surface area contributed by atoms with E-state index in [4.69, 9.17) is 0 Å². The van der Waals surface area contributed by atoms with Gasteiger partial charge >= 0.3 is 0 Å². The standard InChI is InChI=1S/C15H14BrFOS/c16-12-3-1-2-11(8-12)9-14(18)10-19-15-6-4-13(17)5-7-15/h1-8,14,18H,9-10H2. The zero-order valence-corrected chi connectivity index (χ0v) is 12.6. The smallest absolute Gasteiger partial charge is 0.123 e. The van der Waals surface area contributed by atoms with Gasteiger partial charge in [0.25, 0.3) is 0 Å². The van der Waals surface area contributed by atoms with Gasteiger partial charge in [-0.1, -0.05) is 28.1 Å². The van der Waals surface area contributed by atoms with Crippen molar-refractivity contribution in [2.45, 2.75) is 17.4 Å². The molecule has 0 aliphatic rings. The maximum absolute atomic E-state index is 12.7. The highest BCUT2D eigenvalue weighted by Gasteiger charge is 2.07. The van der Waals surface area contributed by atoms with Crippen molar-refractivity contribution in [1.29, 1.82) is 0 Å². The average molecular weight is 341 g/mol. The molecule has 4 heteroatoms. The lowest BCUT2D eigenvalue weighted by Gasteiger charge is -2.10. The third-order valence-electron chi connectivity index (χ3n) is 2.62. The van der Waals surface area contributed by atoms with E-state index in [1.54, 1.807) is 12.1 Å². The van der Waals surface area contributed by atoms with Crippen LogP contribution in [-0.4, -0.2) is 17.0 Å². The van der Waals surface area contributed by atoms with Crippen LogP contribution in [-0.2, 0) is 6.42 Å². The molecule has 1 N–H and O–H groups in total. The summed E-state index contributed by atoms with van der Waals surface area (Å²) in [7, 11) is 0. The minimum atomic E-state index is -0.413. The van der Waals surface area contributed by atoms with Crippen LogP contribution in [0.15, 0.2) is 57.9 Å². The molecule has 0 bridgehead atoms. The Hall–Kier alpha value is -0.840. The fourth-order valence-corrected chi connectivity index (χ4v) is 3.00. The molecule has 1 nitrogen and oxygen atoms in total. The Balaban J connectivity index is 1.84. The van der Waals surface area contributed by atoms with Crippen LogP contribution in [0.1, 0.15) is 5.56 Å². The molecule has 2 aromatic rings. The van der Waals surface area contributed by atoms with E-state index >= 15 is 0 Å². The molecule has 0 saturated heterocycles. The first-order valence-corrected chi connectivity index (χ1v) is 7.72. The Morgan fingerprint density at radius 2 is 1.89 bits per heavy atom. The normalized spacial score (nSPS) is 12.4. The predicted octanol–water partition coefficient (Wildman–Crippen LogP) is 4.28. The van der Waals surface area contributed by atoms with Crippen LogP contribution in [0.3, 0.4) is 0 Å². The second-order valence-corrected chi connectivity index (χ2v) is 6.26. The van der Waals surface area contributed by atoms with Crippen LogP contribution in [0.25, 0.3) is 0 Å². The van der Waals surface area contributed by atoms with Crippen LogP contribution < -0.4 is 0 Å². The van der Waals surface area contributed by atoms with Gasteiger partial charge in [0.2, 0.25) is 0 Å². The summed E-state index contributed by atoms with van der Waals surface area (Å²) in [5.74, 6) is 0.358. The number of hydrogen-bond acceptors (Lipinski definition) is 2. The highest BCUT2D eigenvalue weighted by atomic mass is 79.9. The van der Waals surface area contributed by atoms with Crippen molar-refractivity contribution < 1.29 is 9.50 Å². The van der Waals surface area contributed by atoms with Crippen molar-refractivity contribution in [3.63, 3.8) is 0 Å². The van der Waals surface area contributed by atoms with Gasteiger partial charge < -0.3 is 5.11 Å². The molecule has 0 radical (unpaired) electrons. The molecule has 0 spiro atoms. The molecule has 19 heavy (non-hydrogen) atoms. The number of benzene rings is 2. The van der Waals surface area contributed by atoms with Gasteiger partial charge in [0, 0.05) is 15.1 Å². The number of halogens is 2. The van der Waals surface area contributed by atoms with E-state index in [2.05, 4.69) is 15.9 Å². The number of rotatable bonds is 5. The van der Waals surface area contributed by atoms with Gasteiger partial charge in [-0.25, -0.2) is 4.39 Å². The highest BCUT2D eigenvalue weighted by molar-refractivity contribution is 9.10. The zero-order valence-electron chi connectivity index (χ0n) is 10.2. The van der Waals surface area contributed by atoms with Crippen molar-refractivity contribution in [3.05, 3.63) is 64.4 Å². The van der Waals surface area contributed by atoms with Crippen molar-refractivity contribution in [1.82, 2.24) is 0 Å². The van der Waals surface area contributed by atoms with Crippen LogP contribution in [0.4, 0.5) is 4.39 Å². The fraction of sp³-hybridized carbons (Fsp3) is 0.200. The zero-order chi connectivity index (χ0) is 13.7. The van der Waals surface area contributed by atoms with E-state index in [0.717, 1.165) is 14.9 Å². The molecule has 1 unspecified atom stereocenters. The molecule has 0 amide bonds. The molecule has 0 fully saturated rings. The van der Waals surface area contributed by atoms with Gasteiger partial charge in [-0.3, -0.25) is 0 Å². The van der Waals surface area contributed by atoms with E-state index in [9.17, 15) is 9.50 Å². The van der Waals surface area contributed by atoms with E-state index in [1.165, 1.54) is 23.9 Å². The third kappa shape index (κ3) is 4.97. The summed E-state index contributed by atoms with van der Waals surface area (Å²) in [4.78, 5) is 0.967. The topological polar surface area (TPSA) is 20.2 Å². The molecule has 0 saturated carbocycles. The second-order valence-electron chi connectivity index (χ2n) is 4.25. The molecule has 100 valence electrons. The summed E-state index contributed by atoms with van der Waals surface area (Å²) in [5, 5.41) is 10.00. The van der Waals surface area contributed by atoms with Gasteiger partial charge in [0.1, 0.15) is 5.82 Å². The van der Waals surface area contributed by atoms with Gasteiger partial charge in [0.05, 0.1) is 6.10 Å². The quantitative estimate of drug-likeness (QED) is 0.819. The predicted molar refractivity (Wildman–Crippen MR) is 81.0 cm³/mol. The Kier molecular flexibility index (Phi) is 5.43. The Labute approximate surface area is 125 Å². The van der Waals surface area contributed by atoms with E-state index < -0.39 is 6.10 Å². The van der Waals surface area contributed by atoms with E-state index in [0.29, 0.717) is 12.2 Å². The van der Waals surface area contributed by atoms with Gasteiger partial charge in [0.15, 0.2) is 0 Å². The SMILES string of the molecule is OC(CSc1ccc(F)cc1)Cc1cccc(Br)c1. The van der Waals surface area contributed by atoms with Crippen LogP contribution >= 0.6 is 27.7 Å². The maximum atomic E-state index is 12.7. The minimum absolute atomic E-state index is 0.237. The molecule has 2 aromatic carbocycles. The lowest BCUT2D eigenvalue weighted by Crippen LogP contribution is -2.13. The lowest BCUT2D eigenvalue weighted by molar-refractivity contribution is 0.200. The summed E-state index contributed by atoms with van der Waals surface area (Å²) in [6, 6.07) is 14.2. The molecule has 0 aromatic heterocycles. The molecule has 0 aliphatic carbocycles. The first-order valence-electron chi connectivity index (χ1n) is 5.94.